The molecule has 1 aromatic heterocycles. The molecule has 1 unspecified atom stereocenters. The van der Waals surface area contributed by atoms with Gasteiger partial charge in [0.2, 0.25) is 0 Å². The van der Waals surface area contributed by atoms with E-state index in [1.54, 1.807) is 0 Å². The molecule has 4 heteroatoms. The Morgan fingerprint density at radius 3 is 2.72 bits per heavy atom. The van der Waals surface area contributed by atoms with E-state index in [1.807, 2.05) is 6.92 Å². The molecule has 0 spiro atoms. The van der Waals surface area contributed by atoms with Crippen molar-refractivity contribution in [2.45, 2.75) is 53.1 Å². The molecule has 0 bridgehead atoms. The maximum Gasteiger partial charge on any atom is 0.254 e. The van der Waals surface area contributed by atoms with Gasteiger partial charge in [0.25, 0.3) is 5.56 Å². The van der Waals surface area contributed by atoms with Crippen molar-refractivity contribution in [1.29, 1.82) is 0 Å². The molecule has 1 N–H and O–H groups in total. The molecule has 1 atom stereocenters. The first-order valence-electron chi connectivity index (χ1n) is 6.67. The van der Waals surface area contributed by atoms with Crippen molar-refractivity contribution in [2.24, 2.45) is 5.41 Å². The van der Waals surface area contributed by atoms with E-state index < -0.39 is 0 Å². The van der Waals surface area contributed by atoms with Gasteiger partial charge < -0.3 is 9.72 Å². The zero-order valence-electron chi connectivity index (χ0n) is 11.7. The molecule has 1 aromatic rings. The van der Waals surface area contributed by atoms with Crippen LogP contribution in [0.4, 0.5) is 0 Å². The number of nitrogens with one attached hydrogen (secondary N) is 1. The summed E-state index contributed by atoms with van der Waals surface area (Å²) in [6.07, 6.45) is 2.63. The van der Waals surface area contributed by atoms with E-state index in [2.05, 4.69) is 30.7 Å². The van der Waals surface area contributed by atoms with Gasteiger partial charge in [0, 0.05) is 12.2 Å². The predicted molar refractivity (Wildman–Crippen MR) is 70.7 cm³/mol. The van der Waals surface area contributed by atoms with E-state index >= 15 is 0 Å². The molecule has 4 nitrogen and oxygen atoms in total. The van der Waals surface area contributed by atoms with Crippen molar-refractivity contribution >= 4 is 0 Å². The molecule has 18 heavy (non-hydrogen) atoms. The largest absolute Gasteiger partial charge is 0.370 e. The lowest BCUT2D eigenvalue weighted by atomic mass is 9.88. The number of rotatable bonds is 3. The van der Waals surface area contributed by atoms with Gasteiger partial charge in [-0.1, -0.05) is 20.8 Å². The summed E-state index contributed by atoms with van der Waals surface area (Å²) in [7, 11) is 0. The van der Waals surface area contributed by atoms with Gasteiger partial charge in [0.05, 0.1) is 5.69 Å². The quantitative estimate of drug-likeness (QED) is 0.896. The standard InChI is InChI=1S/C14H22N2O2/c1-5-18-11(14(2,3)4)12-15-10-8-6-7-9(10)13(17)16-12/h11H,5-8H2,1-4H3,(H,15,16,17). The fourth-order valence-electron chi connectivity index (χ4n) is 2.49. The molecule has 0 saturated heterocycles. The lowest BCUT2D eigenvalue weighted by Crippen LogP contribution is -2.27. The Labute approximate surface area is 108 Å². The Morgan fingerprint density at radius 2 is 2.11 bits per heavy atom. The highest BCUT2D eigenvalue weighted by Crippen LogP contribution is 2.34. The van der Waals surface area contributed by atoms with Crippen LogP contribution in [0.1, 0.15) is 57.3 Å². The summed E-state index contributed by atoms with van der Waals surface area (Å²) in [4.78, 5) is 19.5. The zero-order valence-corrected chi connectivity index (χ0v) is 11.7. The molecule has 0 fully saturated rings. The van der Waals surface area contributed by atoms with Crippen LogP contribution in [0.3, 0.4) is 0 Å². The third-order valence-corrected chi connectivity index (χ3v) is 3.33. The lowest BCUT2D eigenvalue weighted by molar-refractivity contribution is -0.0194. The van der Waals surface area contributed by atoms with Crippen LogP contribution < -0.4 is 5.56 Å². The molecule has 0 amide bonds. The van der Waals surface area contributed by atoms with Crippen LogP contribution in [0.25, 0.3) is 0 Å². The number of fused-ring (bicyclic) bond motifs is 1. The Morgan fingerprint density at radius 1 is 1.39 bits per heavy atom. The molecule has 100 valence electrons. The van der Waals surface area contributed by atoms with E-state index in [1.165, 1.54) is 0 Å². The van der Waals surface area contributed by atoms with Crippen LogP contribution in [0.2, 0.25) is 0 Å². The van der Waals surface area contributed by atoms with Crippen molar-refractivity contribution < 1.29 is 4.74 Å². The Bertz CT molecular complexity index is 486. The first kappa shape index (κ1) is 13.3. The fourth-order valence-corrected chi connectivity index (χ4v) is 2.49. The van der Waals surface area contributed by atoms with Crippen LogP contribution in [0.15, 0.2) is 4.79 Å². The molecule has 0 aromatic carbocycles. The van der Waals surface area contributed by atoms with Crippen molar-refractivity contribution in [3.63, 3.8) is 0 Å². The summed E-state index contributed by atoms with van der Waals surface area (Å²) in [5.74, 6) is 0.676. The monoisotopic (exact) mass is 250 g/mol. The van der Waals surface area contributed by atoms with E-state index in [9.17, 15) is 4.79 Å². The van der Waals surface area contributed by atoms with Crippen molar-refractivity contribution in [3.8, 4) is 0 Å². The summed E-state index contributed by atoms with van der Waals surface area (Å²) in [5, 5.41) is 0. The molecular weight excluding hydrogens is 228 g/mol. The maximum absolute atomic E-state index is 12.0. The summed E-state index contributed by atoms with van der Waals surface area (Å²) in [5.41, 5.74) is 1.76. The summed E-state index contributed by atoms with van der Waals surface area (Å²) < 4.78 is 5.77. The fraction of sp³-hybridized carbons (Fsp3) is 0.714. The van der Waals surface area contributed by atoms with Crippen molar-refractivity contribution in [1.82, 2.24) is 9.97 Å². The third-order valence-electron chi connectivity index (χ3n) is 3.33. The number of aromatic amines is 1. The number of ether oxygens (including phenoxy) is 1. The molecule has 2 rings (SSSR count). The normalized spacial score (nSPS) is 16.7. The molecule has 0 radical (unpaired) electrons. The second-order valence-corrected chi connectivity index (χ2v) is 5.93. The predicted octanol–water partition coefficient (Wildman–Crippen LogP) is 2.38. The molecule has 1 aliphatic rings. The van der Waals surface area contributed by atoms with E-state index in [0.29, 0.717) is 12.4 Å². The van der Waals surface area contributed by atoms with Crippen LogP contribution in [0.5, 0.6) is 0 Å². The molecule has 1 aliphatic carbocycles. The number of aromatic nitrogens is 2. The average Bonchev–Trinajstić information content (AvgIpc) is 2.72. The minimum Gasteiger partial charge on any atom is -0.370 e. The highest BCUT2D eigenvalue weighted by Gasteiger charge is 2.30. The Hall–Kier alpha value is -1.16. The second kappa shape index (κ2) is 4.84. The van der Waals surface area contributed by atoms with Gasteiger partial charge in [-0.15, -0.1) is 0 Å². The van der Waals surface area contributed by atoms with Gasteiger partial charge in [-0.2, -0.15) is 0 Å². The van der Waals surface area contributed by atoms with Crippen LogP contribution >= 0.6 is 0 Å². The number of H-pyrrole nitrogens is 1. The molecule has 1 heterocycles. The summed E-state index contributed by atoms with van der Waals surface area (Å²) in [6.45, 7) is 8.87. The maximum atomic E-state index is 12.0. The zero-order chi connectivity index (χ0) is 13.3. The van der Waals surface area contributed by atoms with E-state index in [0.717, 1.165) is 30.5 Å². The number of aryl methyl sites for hydroxylation is 1. The molecule has 0 saturated carbocycles. The van der Waals surface area contributed by atoms with Gasteiger partial charge in [-0.3, -0.25) is 4.79 Å². The number of hydrogen-bond donors (Lipinski definition) is 1. The SMILES string of the molecule is CCOC(c1nc2c(c(=O)[nH]1)CCC2)C(C)(C)C. The second-order valence-electron chi connectivity index (χ2n) is 5.93. The van der Waals surface area contributed by atoms with Crippen molar-refractivity contribution in [3.05, 3.63) is 27.4 Å². The van der Waals surface area contributed by atoms with Crippen molar-refractivity contribution in [2.75, 3.05) is 6.61 Å². The van der Waals surface area contributed by atoms with Crippen LogP contribution in [-0.2, 0) is 17.6 Å². The minimum absolute atomic E-state index is 0.0152. The third kappa shape index (κ3) is 2.48. The van der Waals surface area contributed by atoms with Crippen LogP contribution in [0, 0.1) is 5.41 Å². The molecular formula is C14H22N2O2. The smallest absolute Gasteiger partial charge is 0.254 e. The molecule has 0 aliphatic heterocycles. The first-order chi connectivity index (χ1) is 8.43. The van der Waals surface area contributed by atoms with Gasteiger partial charge in [-0.25, -0.2) is 4.98 Å². The Balaban J connectivity index is 2.43. The summed E-state index contributed by atoms with van der Waals surface area (Å²) >= 11 is 0. The van der Waals surface area contributed by atoms with Gasteiger partial charge >= 0.3 is 0 Å². The highest BCUT2D eigenvalue weighted by molar-refractivity contribution is 5.23. The first-order valence-corrected chi connectivity index (χ1v) is 6.67. The number of hydrogen-bond acceptors (Lipinski definition) is 3. The lowest BCUT2D eigenvalue weighted by Gasteiger charge is -2.29. The Kier molecular flexibility index (Phi) is 3.57. The van der Waals surface area contributed by atoms with Gasteiger partial charge in [0.1, 0.15) is 11.9 Å². The highest BCUT2D eigenvalue weighted by atomic mass is 16.5. The van der Waals surface area contributed by atoms with Gasteiger partial charge in [0.15, 0.2) is 0 Å². The van der Waals surface area contributed by atoms with E-state index in [4.69, 9.17) is 4.74 Å². The summed E-state index contributed by atoms with van der Waals surface area (Å²) in [6, 6.07) is 0. The average molecular weight is 250 g/mol. The van der Waals surface area contributed by atoms with E-state index in [-0.39, 0.29) is 17.1 Å². The number of nitrogens with zero attached hydrogens (tertiary/aromatic N) is 1. The van der Waals surface area contributed by atoms with Crippen LogP contribution in [-0.4, -0.2) is 16.6 Å². The minimum atomic E-state index is -0.166. The topological polar surface area (TPSA) is 55.0 Å². The van der Waals surface area contributed by atoms with Gasteiger partial charge in [-0.05, 0) is 31.6 Å².